The lowest BCUT2D eigenvalue weighted by Crippen LogP contribution is -2.50. The van der Waals surface area contributed by atoms with Gasteiger partial charge < -0.3 is 24.6 Å². The Hall–Kier alpha value is -3.40. The first kappa shape index (κ1) is 25.3. The summed E-state index contributed by atoms with van der Waals surface area (Å²) in [5.41, 5.74) is 4.98. The van der Waals surface area contributed by atoms with E-state index in [0.29, 0.717) is 26.1 Å². The summed E-state index contributed by atoms with van der Waals surface area (Å²) in [7, 11) is 0. The van der Waals surface area contributed by atoms with Crippen LogP contribution in [-0.4, -0.2) is 71.3 Å². The van der Waals surface area contributed by atoms with Gasteiger partial charge in [-0.3, -0.25) is 9.78 Å². The molecule has 0 bridgehead atoms. The second kappa shape index (κ2) is 10.2. The molecule has 0 aliphatic carbocycles. The second-order valence-corrected chi connectivity index (χ2v) is 11.5. The number of piperazine rings is 1. The van der Waals surface area contributed by atoms with Crippen molar-refractivity contribution in [3.05, 3.63) is 36.0 Å². The van der Waals surface area contributed by atoms with Gasteiger partial charge in [0.25, 0.3) is 0 Å². The standard InChI is InChI=1S/C27H33N5O4S/c1-17(19-13-24(33)29-14-19)35-23-12-18(11-22-25(23)37-16-30-22)21-6-5-20(15-28-21)31-7-9-32(10-8-31)26(34)36-27(2,3)4/h5-6,11-12,15-17,19H,7-10,13-14H2,1-4H3,(H,29,33)/t17?,19-/m1/s1. The first-order valence-electron chi connectivity index (χ1n) is 12.7. The molecular formula is C27H33N5O4S. The monoisotopic (exact) mass is 523 g/mol. The Bertz CT molecular complexity index is 1280. The molecule has 1 aromatic carbocycles. The number of rotatable bonds is 5. The van der Waals surface area contributed by atoms with Crippen molar-refractivity contribution in [3.63, 3.8) is 0 Å². The molecule has 1 unspecified atom stereocenters. The Labute approximate surface area is 220 Å². The number of nitrogens with one attached hydrogen (secondary N) is 1. The maximum Gasteiger partial charge on any atom is 0.410 e. The van der Waals surface area contributed by atoms with E-state index < -0.39 is 5.60 Å². The zero-order valence-corrected chi connectivity index (χ0v) is 22.5. The van der Waals surface area contributed by atoms with E-state index >= 15 is 0 Å². The predicted molar refractivity (Wildman–Crippen MR) is 144 cm³/mol. The minimum absolute atomic E-state index is 0.0766. The lowest BCUT2D eigenvalue weighted by Gasteiger charge is -2.36. The molecule has 10 heteroatoms. The van der Waals surface area contributed by atoms with Crippen LogP contribution in [0.3, 0.4) is 0 Å². The molecule has 2 fully saturated rings. The maximum absolute atomic E-state index is 12.4. The van der Waals surface area contributed by atoms with Gasteiger partial charge in [0, 0.05) is 50.6 Å². The van der Waals surface area contributed by atoms with E-state index in [1.54, 1.807) is 16.2 Å². The van der Waals surface area contributed by atoms with E-state index in [0.717, 1.165) is 46.0 Å². The molecule has 37 heavy (non-hydrogen) atoms. The molecule has 2 saturated heterocycles. The second-order valence-electron chi connectivity index (χ2n) is 10.6. The summed E-state index contributed by atoms with van der Waals surface area (Å²) in [5.74, 6) is 0.992. The van der Waals surface area contributed by atoms with Crippen LogP contribution < -0.4 is 15.0 Å². The highest BCUT2D eigenvalue weighted by Gasteiger charge is 2.29. The quantitative estimate of drug-likeness (QED) is 0.532. The van der Waals surface area contributed by atoms with E-state index in [2.05, 4.69) is 21.3 Å². The lowest BCUT2D eigenvalue weighted by atomic mass is 10.0. The van der Waals surface area contributed by atoms with E-state index in [1.807, 2.05) is 57.6 Å². The Morgan fingerprint density at radius 1 is 1.16 bits per heavy atom. The fourth-order valence-corrected chi connectivity index (χ4v) is 5.37. The van der Waals surface area contributed by atoms with E-state index in [1.165, 1.54) is 0 Å². The topological polar surface area (TPSA) is 96.9 Å². The summed E-state index contributed by atoms with van der Waals surface area (Å²) in [6, 6.07) is 8.13. The maximum atomic E-state index is 12.4. The van der Waals surface area contributed by atoms with Gasteiger partial charge in [-0.15, -0.1) is 11.3 Å². The zero-order chi connectivity index (χ0) is 26.2. The van der Waals surface area contributed by atoms with E-state index in [-0.39, 0.29) is 24.0 Å². The molecule has 196 valence electrons. The van der Waals surface area contributed by atoms with Gasteiger partial charge in [0.2, 0.25) is 5.91 Å². The molecule has 4 heterocycles. The minimum atomic E-state index is -0.495. The van der Waals surface area contributed by atoms with Gasteiger partial charge in [-0.2, -0.15) is 0 Å². The van der Waals surface area contributed by atoms with Crippen LogP contribution in [-0.2, 0) is 9.53 Å². The Morgan fingerprint density at radius 2 is 1.95 bits per heavy atom. The van der Waals surface area contributed by atoms with Gasteiger partial charge in [-0.1, -0.05) is 0 Å². The summed E-state index contributed by atoms with van der Waals surface area (Å²) in [4.78, 5) is 37.2. The van der Waals surface area contributed by atoms with Gasteiger partial charge in [0.05, 0.1) is 33.3 Å². The van der Waals surface area contributed by atoms with Crippen molar-refractivity contribution in [2.45, 2.75) is 45.8 Å². The van der Waals surface area contributed by atoms with Crippen molar-refractivity contribution in [2.75, 3.05) is 37.6 Å². The number of ether oxygens (including phenoxy) is 2. The molecule has 0 saturated carbocycles. The summed E-state index contributed by atoms with van der Waals surface area (Å²) >= 11 is 1.55. The molecule has 9 nitrogen and oxygen atoms in total. The number of carbonyl (C=O) groups excluding carboxylic acids is 2. The first-order valence-corrected chi connectivity index (χ1v) is 13.5. The Balaban J connectivity index is 1.28. The number of thiazole rings is 1. The molecular weight excluding hydrogens is 490 g/mol. The summed E-state index contributed by atoms with van der Waals surface area (Å²) in [6.45, 7) is 11.0. The average Bonchev–Trinajstić information content (AvgIpc) is 3.52. The van der Waals surface area contributed by atoms with Gasteiger partial charge in [0.1, 0.15) is 17.5 Å². The van der Waals surface area contributed by atoms with Gasteiger partial charge in [0.15, 0.2) is 0 Å². The van der Waals surface area contributed by atoms with Crippen molar-refractivity contribution < 1.29 is 19.1 Å². The normalized spacial score (nSPS) is 19.1. The summed E-state index contributed by atoms with van der Waals surface area (Å²) in [6.07, 6.45) is 2.00. The third-order valence-corrected chi connectivity index (χ3v) is 7.58. The highest BCUT2D eigenvalue weighted by atomic mass is 32.1. The number of hydrogen-bond acceptors (Lipinski definition) is 8. The molecule has 2 aliphatic rings. The number of benzene rings is 1. The van der Waals surface area contributed by atoms with Crippen LogP contribution in [0.25, 0.3) is 21.5 Å². The van der Waals surface area contributed by atoms with E-state index in [4.69, 9.17) is 14.5 Å². The lowest BCUT2D eigenvalue weighted by molar-refractivity contribution is -0.119. The highest BCUT2D eigenvalue weighted by Crippen LogP contribution is 2.36. The molecule has 2 aromatic heterocycles. The van der Waals surface area contributed by atoms with Gasteiger partial charge >= 0.3 is 6.09 Å². The molecule has 1 N–H and O–H groups in total. The molecule has 2 atom stereocenters. The van der Waals surface area contributed by atoms with Gasteiger partial charge in [-0.25, -0.2) is 9.78 Å². The largest absolute Gasteiger partial charge is 0.489 e. The molecule has 0 spiro atoms. The number of fused-ring (bicyclic) bond motifs is 1. The van der Waals surface area contributed by atoms with Crippen LogP contribution in [0.4, 0.5) is 10.5 Å². The Morgan fingerprint density at radius 3 is 2.59 bits per heavy atom. The predicted octanol–water partition coefficient (Wildman–Crippen LogP) is 4.32. The van der Waals surface area contributed by atoms with Crippen LogP contribution >= 0.6 is 11.3 Å². The minimum Gasteiger partial charge on any atom is -0.489 e. The average molecular weight is 524 g/mol. The van der Waals surface area contributed by atoms with Crippen molar-refractivity contribution in [3.8, 4) is 17.0 Å². The Kier molecular flexibility index (Phi) is 6.94. The molecule has 2 aliphatic heterocycles. The number of amides is 2. The van der Waals surface area contributed by atoms with Crippen molar-refractivity contribution in [1.29, 1.82) is 0 Å². The number of pyridine rings is 1. The third-order valence-electron chi connectivity index (χ3n) is 6.72. The van der Waals surface area contributed by atoms with Crippen molar-refractivity contribution >= 4 is 39.2 Å². The van der Waals surface area contributed by atoms with Crippen LogP contribution in [0.15, 0.2) is 36.0 Å². The molecule has 2 amide bonds. The smallest absolute Gasteiger partial charge is 0.410 e. The van der Waals surface area contributed by atoms with Gasteiger partial charge in [-0.05, 0) is 52.0 Å². The van der Waals surface area contributed by atoms with Crippen molar-refractivity contribution in [2.24, 2.45) is 5.92 Å². The zero-order valence-electron chi connectivity index (χ0n) is 21.7. The van der Waals surface area contributed by atoms with Crippen LogP contribution in [0.2, 0.25) is 0 Å². The molecule has 3 aromatic rings. The number of hydrogen-bond donors (Lipinski definition) is 1. The van der Waals surface area contributed by atoms with Crippen LogP contribution in [0.5, 0.6) is 5.75 Å². The van der Waals surface area contributed by atoms with E-state index in [9.17, 15) is 9.59 Å². The first-order chi connectivity index (χ1) is 17.7. The SMILES string of the molecule is CC(Oc1cc(-c2ccc(N3CCN(C(=O)OC(C)(C)C)CC3)cn2)cc2ncsc12)[C@H]1CNC(=O)C1. The molecule has 0 radical (unpaired) electrons. The van der Waals surface area contributed by atoms with Crippen molar-refractivity contribution in [1.82, 2.24) is 20.2 Å². The fourth-order valence-electron chi connectivity index (χ4n) is 4.65. The summed E-state index contributed by atoms with van der Waals surface area (Å²) < 4.78 is 12.8. The number of nitrogens with zero attached hydrogens (tertiary/aromatic N) is 4. The van der Waals surface area contributed by atoms with Crippen LogP contribution in [0.1, 0.15) is 34.1 Å². The highest BCUT2D eigenvalue weighted by molar-refractivity contribution is 7.17. The van der Waals surface area contributed by atoms with Crippen LogP contribution in [0, 0.1) is 5.92 Å². The number of carbonyl (C=O) groups is 2. The summed E-state index contributed by atoms with van der Waals surface area (Å²) in [5, 5.41) is 2.89. The third kappa shape index (κ3) is 5.79. The fraction of sp³-hybridized carbons (Fsp3) is 0.481. The molecule has 5 rings (SSSR count). The number of anilines is 1. The number of aromatic nitrogens is 2.